The molecule has 2 aromatic heterocycles. The fraction of sp³-hybridized carbons (Fsp3) is 0.385. The minimum absolute atomic E-state index is 0.336. The molecule has 0 saturated heterocycles. The van der Waals surface area contributed by atoms with Crippen molar-refractivity contribution in [2.45, 2.75) is 26.8 Å². The summed E-state index contributed by atoms with van der Waals surface area (Å²) < 4.78 is 12.8. The van der Waals surface area contributed by atoms with E-state index in [1.54, 1.807) is 6.07 Å². The maximum Gasteiger partial charge on any atom is 0.142 e. The van der Waals surface area contributed by atoms with Crippen molar-refractivity contribution in [3.63, 3.8) is 0 Å². The Kier molecular flexibility index (Phi) is 4.04. The first-order chi connectivity index (χ1) is 8.60. The van der Waals surface area contributed by atoms with Gasteiger partial charge in [0.15, 0.2) is 0 Å². The molecular weight excluding hydrogens is 249 g/mol. The van der Waals surface area contributed by atoms with Crippen LogP contribution in [-0.2, 0) is 13.0 Å². The Hall–Kier alpha value is -1.33. The third-order valence-corrected chi connectivity index (χ3v) is 3.65. The predicted octanol–water partition coefficient (Wildman–Crippen LogP) is 3.00. The zero-order valence-electron chi connectivity index (χ0n) is 10.5. The summed E-state index contributed by atoms with van der Waals surface area (Å²) in [6, 6.07) is 3.04. The molecule has 0 saturated carbocycles. The molecule has 5 heteroatoms. The standard InChI is InChI=1S/C13H16FN3S/c1-8(2)5-11-12(6-15)18-13(17-11)10-4-3-9(14)7-16-10/h3-4,7-8H,5-6,15H2,1-2H3. The van der Waals surface area contributed by atoms with Gasteiger partial charge in [0.05, 0.1) is 17.6 Å². The van der Waals surface area contributed by atoms with Gasteiger partial charge in [-0.15, -0.1) is 11.3 Å². The van der Waals surface area contributed by atoms with Crippen molar-refractivity contribution < 1.29 is 4.39 Å². The Balaban J connectivity index is 2.34. The predicted molar refractivity (Wildman–Crippen MR) is 71.7 cm³/mol. The lowest BCUT2D eigenvalue weighted by molar-refractivity contribution is 0.621. The number of nitrogens with zero attached hydrogens (tertiary/aromatic N) is 2. The molecule has 0 radical (unpaired) electrons. The zero-order chi connectivity index (χ0) is 13.1. The lowest BCUT2D eigenvalue weighted by Gasteiger charge is -2.02. The molecule has 2 rings (SSSR count). The SMILES string of the molecule is CC(C)Cc1nc(-c2ccc(F)cn2)sc1CN. The van der Waals surface area contributed by atoms with E-state index in [4.69, 9.17) is 5.73 Å². The van der Waals surface area contributed by atoms with Gasteiger partial charge >= 0.3 is 0 Å². The first-order valence-electron chi connectivity index (χ1n) is 5.90. The number of nitrogens with two attached hydrogens (primary N) is 1. The van der Waals surface area contributed by atoms with Crippen molar-refractivity contribution in [3.05, 3.63) is 34.7 Å². The summed E-state index contributed by atoms with van der Waals surface area (Å²) in [5, 5.41) is 0.811. The van der Waals surface area contributed by atoms with Gasteiger partial charge in [0.2, 0.25) is 0 Å². The van der Waals surface area contributed by atoms with Gasteiger partial charge in [0, 0.05) is 11.4 Å². The summed E-state index contributed by atoms with van der Waals surface area (Å²) in [6.45, 7) is 4.78. The van der Waals surface area contributed by atoms with E-state index in [0.29, 0.717) is 18.2 Å². The van der Waals surface area contributed by atoms with Crippen LogP contribution in [0, 0.1) is 11.7 Å². The highest BCUT2D eigenvalue weighted by atomic mass is 32.1. The normalized spacial score (nSPS) is 11.2. The van der Waals surface area contributed by atoms with Gasteiger partial charge in [0.1, 0.15) is 10.8 Å². The summed E-state index contributed by atoms with van der Waals surface area (Å²) in [4.78, 5) is 9.71. The molecule has 0 aliphatic heterocycles. The summed E-state index contributed by atoms with van der Waals surface area (Å²) in [5.41, 5.74) is 7.47. The first-order valence-corrected chi connectivity index (χ1v) is 6.72. The number of thiazole rings is 1. The second kappa shape index (κ2) is 5.54. The molecule has 0 amide bonds. The molecule has 18 heavy (non-hydrogen) atoms. The van der Waals surface area contributed by atoms with E-state index < -0.39 is 0 Å². The maximum absolute atomic E-state index is 12.8. The van der Waals surface area contributed by atoms with E-state index in [2.05, 4.69) is 23.8 Å². The van der Waals surface area contributed by atoms with Gasteiger partial charge in [-0.2, -0.15) is 0 Å². The van der Waals surface area contributed by atoms with Crippen LogP contribution in [0.4, 0.5) is 4.39 Å². The molecule has 2 N–H and O–H groups in total. The number of rotatable bonds is 4. The maximum atomic E-state index is 12.8. The Morgan fingerprint density at radius 3 is 2.72 bits per heavy atom. The minimum Gasteiger partial charge on any atom is -0.326 e. The van der Waals surface area contributed by atoms with E-state index in [1.165, 1.54) is 23.6 Å². The van der Waals surface area contributed by atoms with Crippen molar-refractivity contribution in [3.8, 4) is 10.7 Å². The molecule has 0 fully saturated rings. The molecule has 2 aromatic rings. The minimum atomic E-state index is -0.336. The second-order valence-corrected chi connectivity index (χ2v) is 5.64. The highest BCUT2D eigenvalue weighted by Gasteiger charge is 2.13. The van der Waals surface area contributed by atoms with Gasteiger partial charge in [-0.3, -0.25) is 4.98 Å². The van der Waals surface area contributed by atoms with E-state index >= 15 is 0 Å². The molecule has 0 bridgehead atoms. The number of hydrogen-bond acceptors (Lipinski definition) is 4. The Bertz CT molecular complexity index is 520. The van der Waals surface area contributed by atoms with E-state index in [-0.39, 0.29) is 5.82 Å². The van der Waals surface area contributed by atoms with Crippen molar-refractivity contribution in [2.75, 3.05) is 0 Å². The van der Waals surface area contributed by atoms with Crippen LogP contribution in [0.5, 0.6) is 0 Å². The summed E-state index contributed by atoms with van der Waals surface area (Å²) in [6.07, 6.45) is 2.12. The average molecular weight is 265 g/mol. The van der Waals surface area contributed by atoms with Gasteiger partial charge in [-0.25, -0.2) is 9.37 Å². The molecule has 2 heterocycles. The summed E-state index contributed by atoms with van der Waals surface area (Å²) >= 11 is 1.54. The van der Waals surface area contributed by atoms with Crippen LogP contribution < -0.4 is 5.73 Å². The Morgan fingerprint density at radius 2 is 2.17 bits per heavy atom. The van der Waals surface area contributed by atoms with E-state index in [9.17, 15) is 4.39 Å². The van der Waals surface area contributed by atoms with Crippen molar-refractivity contribution in [1.82, 2.24) is 9.97 Å². The van der Waals surface area contributed by atoms with Gasteiger partial charge < -0.3 is 5.73 Å². The van der Waals surface area contributed by atoms with E-state index in [0.717, 1.165) is 22.0 Å². The van der Waals surface area contributed by atoms with Gasteiger partial charge in [-0.05, 0) is 24.5 Å². The second-order valence-electron chi connectivity index (χ2n) is 4.55. The molecule has 96 valence electrons. The van der Waals surface area contributed by atoms with Crippen LogP contribution in [0.15, 0.2) is 18.3 Å². The lowest BCUT2D eigenvalue weighted by atomic mass is 10.1. The smallest absolute Gasteiger partial charge is 0.142 e. The van der Waals surface area contributed by atoms with Crippen LogP contribution in [0.2, 0.25) is 0 Å². The topological polar surface area (TPSA) is 51.8 Å². The number of hydrogen-bond donors (Lipinski definition) is 1. The molecular formula is C13H16FN3S. The number of aromatic nitrogens is 2. The van der Waals surface area contributed by atoms with Crippen LogP contribution in [-0.4, -0.2) is 9.97 Å². The fourth-order valence-corrected chi connectivity index (χ4v) is 2.65. The van der Waals surface area contributed by atoms with Crippen molar-refractivity contribution in [2.24, 2.45) is 11.7 Å². The van der Waals surface area contributed by atoms with Gasteiger partial charge in [0.25, 0.3) is 0 Å². The Morgan fingerprint density at radius 1 is 1.39 bits per heavy atom. The fourth-order valence-electron chi connectivity index (χ4n) is 1.70. The molecule has 0 aliphatic rings. The Labute approximate surface area is 110 Å². The van der Waals surface area contributed by atoms with Crippen LogP contribution in [0.1, 0.15) is 24.4 Å². The largest absolute Gasteiger partial charge is 0.326 e. The van der Waals surface area contributed by atoms with E-state index in [1.807, 2.05) is 0 Å². The van der Waals surface area contributed by atoms with Crippen LogP contribution >= 0.6 is 11.3 Å². The van der Waals surface area contributed by atoms with Crippen molar-refractivity contribution in [1.29, 1.82) is 0 Å². The zero-order valence-corrected chi connectivity index (χ0v) is 11.3. The molecule has 0 atom stereocenters. The summed E-state index contributed by atoms with van der Waals surface area (Å²) in [7, 11) is 0. The quantitative estimate of drug-likeness (QED) is 0.924. The van der Waals surface area contributed by atoms with Crippen molar-refractivity contribution >= 4 is 11.3 Å². The molecule has 0 aliphatic carbocycles. The lowest BCUT2D eigenvalue weighted by Crippen LogP contribution is -2.02. The number of halogens is 1. The highest BCUT2D eigenvalue weighted by Crippen LogP contribution is 2.28. The average Bonchev–Trinajstić information content (AvgIpc) is 2.72. The van der Waals surface area contributed by atoms with Crippen LogP contribution in [0.25, 0.3) is 10.7 Å². The van der Waals surface area contributed by atoms with Gasteiger partial charge in [-0.1, -0.05) is 13.8 Å². The molecule has 0 spiro atoms. The molecule has 0 aromatic carbocycles. The number of pyridine rings is 1. The third-order valence-electron chi connectivity index (χ3n) is 2.51. The highest BCUT2D eigenvalue weighted by molar-refractivity contribution is 7.15. The third kappa shape index (κ3) is 2.91. The first kappa shape index (κ1) is 13.1. The van der Waals surface area contributed by atoms with Crippen LogP contribution in [0.3, 0.4) is 0 Å². The summed E-state index contributed by atoms with van der Waals surface area (Å²) in [5.74, 6) is 0.197. The molecule has 3 nitrogen and oxygen atoms in total. The molecule has 0 unspecified atom stereocenters. The monoisotopic (exact) mass is 265 g/mol.